The van der Waals surface area contributed by atoms with E-state index in [9.17, 15) is 14.4 Å². The highest BCUT2D eigenvalue weighted by Gasteiger charge is 2.17. The second-order valence-electron chi connectivity index (χ2n) is 15.0. The summed E-state index contributed by atoms with van der Waals surface area (Å²) in [6.45, 7) is 14.2. The predicted molar refractivity (Wildman–Crippen MR) is 272 cm³/mol. The van der Waals surface area contributed by atoms with E-state index in [1.54, 1.807) is 51.8 Å². The van der Waals surface area contributed by atoms with Gasteiger partial charge in [0.2, 0.25) is 11.9 Å². The predicted octanol–water partition coefficient (Wildman–Crippen LogP) is 1.75. The zero-order valence-electron chi connectivity index (χ0n) is 39.1. The fourth-order valence-corrected chi connectivity index (χ4v) is 5.05. The molecule has 0 aliphatic rings. The molecule has 4 heterocycles. The quantitative estimate of drug-likeness (QED) is 0.0391. The van der Waals surface area contributed by atoms with Crippen LogP contribution in [0.2, 0.25) is 0 Å². The summed E-state index contributed by atoms with van der Waals surface area (Å²) >= 11 is 0. The van der Waals surface area contributed by atoms with Crippen LogP contribution in [-0.4, -0.2) is 158 Å². The molecular weight excluding hydrogens is 828 g/mol. The lowest BCUT2D eigenvalue weighted by Gasteiger charge is -2.19. The van der Waals surface area contributed by atoms with Gasteiger partial charge in [0.15, 0.2) is 0 Å². The van der Waals surface area contributed by atoms with Gasteiger partial charge in [-0.05, 0) is 101 Å². The van der Waals surface area contributed by atoms with E-state index in [1.165, 1.54) is 17.3 Å². The molecule has 11 radical (unpaired) electrons. The number of nitrogens with two attached hydrogens (primary N) is 1. The standard InChI is InChI=1S/C23H35N7O3.C18H27N7O.B4.B3/c1-5-10-25-19-18(20(31)26-11-6-12-28-22(32)33-23(2,3)4)16-29-21(30-19)27-15-9-17-7-13-24-14-8-17;1-2-8-21-16-15(17(26)22-9-3-7-19)13-24-18(25-16)23-12-6-14-4-10-20-11-5-14;1-4(2)3;1-3-2/h7-8,13-14,16H,5-6,9-12,15H2,1-4H3,(H,26,31)(H,28,32)(H2,25,27,29,30);4-5,10-11,13H,2-3,6-9,12,19H2,1H3,(H,22,26)(H2,21,23,24,25);;. The maximum atomic E-state index is 12.7. The van der Waals surface area contributed by atoms with Crippen LogP contribution in [-0.2, 0) is 17.6 Å². The van der Waals surface area contributed by atoms with Gasteiger partial charge >= 0.3 is 6.09 Å². The molecule has 3 amide bonds. The van der Waals surface area contributed by atoms with Crippen LogP contribution in [0.5, 0.6) is 0 Å². The second kappa shape index (κ2) is 35.5. The Balaban J connectivity index is 0.000000589. The minimum Gasteiger partial charge on any atom is -0.444 e. The minimum absolute atomic E-state index is 0.194. The molecule has 0 aromatic carbocycles. The van der Waals surface area contributed by atoms with Gasteiger partial charge in [0.05, 0.1) is 0 Å². The number of carbonyl (C=O) groups excluding carboxylic acids is 3. The van der Waals surface area contributed by atoms with E-state index in [1.807, 2.05) is 31.2 Å². The van der Waals surface area contributed by atoms with Crippen molar-refractivity contribution in [3.8, 4) is 0 Å². The molecule has 0 fully saturated rings. The van der Waals surface area contributed by atoms with E-state index in [0.29, 0.717) is 86.9 Å². The maximum absolute atomic E-state index is 12.7. The number of amides is 3. The molecular formula is C41H62B7N14O4. The summed E-state index contributed by atoms with van der Waals surface area (Å²) in [5.41, 5.74) is 8.09. The molecule has 0 saturated heterocycles. The summed E-state index contributed by atoms with van der Waals surface area (Å²) in [4.78, 5) is 62.1. The number of ether oxygens (including phenoxy) is 1. The molecule has 9 N–H and O–H groups in total. The number of alkyl carbamates (subject to hydrolysis) is 1. The summed E-state index contributed by atoms with van der Waals surface area (Å²) in [5, 5.41) is 21.1. The van der Waals surface area contributed by atoms with Crippen LogP contribution in [0, 0.1) is 0 Å². The van der Waals surface area contributed by atoms with Crippen molar-refractivity contribution in [2.45, 2.75) is 78.7 Å². The van der Waals surface area contributed by atoms with Crippen LogP contribution in [0.15, 0.2) is 61.4 Å². The van der Waals surface area contributed by atoms with Crippen molar-refractivity contribution in [2.75, 3.05) is 73.6 Å². The first kappa shape index (κ1) is 58.3. The van der Waals surface area contributed by atoms with Crippen LogP contribution in [0.1, 0.15) is 92.1 Å². The lowest BCUT2D eigenvalue weighted by molar-refractivity contribution is 0.0527. The summed E-state index contributed by atoms with van der Waals surface area (Å²) in [6.07, 6.45) is 13.8. The average Bonchev–Trinajstić information content (AvgIpc) is 3.28. The van der Waals surface area contributed by atoms with Crippen molar-refractivity contribution in [3.63, 3.8) is 0 Å². The van der Waals surface area contributed by atoms with Gasteiger partial charge in [-0.1, -0.05) is 13.8 Å². The highest BCUT2D eigenvalue weighted by molar-refractivity contribution is 7.49. The van der Waals surface area contributed by atoms with Crippen molar-refractivity contribution < 1.29 is 19.1 Å². The largest absolute Gasteiger partial charge is 0.444 e. The minimum atomic E-state index is -0.667. The third kappa shape index (κ3) is 28.2. The Bertz CT molecular complexity index is 1920. The number of carbonyl (C=O) groups is 3. The van der Waals surface area contributed by atoms with Crippen LogP contribution in [0.25, 0.3) is 0 Å². The molecule has 0 unspecified atom stereocenters. The molecule has 4 aromatic rings. The van der Waals surface area contributed by atoms with Crippen LogP contribution in [0.3, 0.4) is 0 Å². The second-order valence-corrected chi connectivity index (χ2v) is 15.0. The number of anilines is 4. The molecule has 18 nitrogen and oxygen atoms in total. The molecule has 0 atom stereocenters. The Morgan fingerprint density at radius 2 is 1.05 bits per heavy atom. The molecule has 0 aliphatic heterocycles. The smallest absolute Gasteiger partial charge is 0.407 e. The van der Waals surface area contributed by atoms with E-state index in [-0.39, 0.29) is 11.8 Å². The van der Waals surface area contributed by atoms with Crippen molar-refractivity contribution in [1.29, 1.82) is 0 Å². The monoisotopic (exact) mass is 892 g/mol. The Labute approximate surface area is 399 Å². The zero-order chi connectivity index (χ0) is 49.0. The number of aromatic nitrogens is 6. The Kier molecular flexibility index (Phi) is 31.4. The maximum Gasteiger partial charge on any atom is 0.407 e. The molecule has 341 valence electrons. The molecule has 4 aromatic heterocycles. The lowest BCUT2D eigenvalue weighted by atomic mass is 9.08. The van der Waals surface area contributed by atoms with Crippen LogP contribution < -0.4 is 43.0 Å². The summed E-state index contributed by atoms with van der Waals surface area (Å²) in [5.74, 6) is 1.52. The number of hydrogen-bond donors (Lipinski definition) is 8. The van der Waals surface area contributed by atoms with Gasteiger partial charge < -0.3 is 47.7 Å². The number of pyridine rings is 2. The third-order valence-electron chi connectivity index (χ3n) is 8.02. The van der Waals surface area contributed by atoms with Gasteiger partial charge in [-0.25, -0.2) is 14.8 Å². The number of nitrogens with zero attached hydrogens (tertiary/aromatic N) is 6. The molecule has 25 heteroatoms. The van der Waals surface area contributed by atoms with Gasteiger partial charge in [-0.3, -0.25) is 19.6 Å². The Morgan fingerprint density at radius 3 is 1.42 bits per heavy atom. The first-order valence-electron chi connectivity index (χ1n) is 21.9. The van der Waals surface area contributed by atoms with Gasteiger partial charge in [0.1, 0.15) is 28.4 Å². The van der Waals surface area contributed by atoms with Gasteiger partial charge in [0.25, 0.3) is 11.8 Å². The third-order valence-corrected chi connectivity index (χ3v) is 8.02. The van der Waals surface area contributed by atoms with Crippen molar-refractivity contribution in [1.82, 2.24) is 45.9 Å². The lowest BCUT2D eigenvalue weighted by Crippen LogP contribution is -2.34. The van der Waals surface area contributed by atoms with E-state index < -0.39 is 18.1 Å². The highest BCUT2D eigenvalue weighted by Crippen LogP contribution is 2.16. The van der Waals surface area contributed by atoms with E-state index in [4.69, 9.17) is 10.5 Å². The first-order chi connectivity index (χ1) is 31.7. The normalized spacial score (nSPS) is 10.1. The fraction of sp³-hybridized carbons (Fsp3) is 0.488. The number of rotatable bonds is 23. The fourth-order valence-electron chi connectivity index (χ4n) is 5.05. The highest BCUT2D eigenvalue weighted by atomic mass is 16.6. The molecule has 4 rings (SSSR count). The topological polar surface area (TPSA) is 248 Å². The number of hydrogen-bond acceptors (Lipinski definition) is 15. The summed E-state index contributed by atoms with van der Waals surface area (Å²) in [7, 11) is 24.0. The van der Waals surface area contributed by atoms with Crippen LogP contribution in [0.4, 0.5) is 28.3 Å². The van der Waals surface area contributed by atoms with Gasteiger partial charge in [0, 0.05) is 135 Å². The Morgan fingerprint density at radius 1 is 0.652 bits per heavy atom. The zero-order valence-corrected chi connectivity index (χ0v) is 39.1. The molecule has 0 spiro atoms. The SMILES string of the molecule is CCCNc1nc(NCCc2ccncc2)ncc1C(=O)NCCCN.CCCNc1nc(NCCc2ccncc2)ncc1C(=O)NCCCNC(=O)OC(C)(C)C.[B]B([B])[B].[B][B][B]. The average molecular weight is 891 g/mol. The van der Waals surface area contributed by atoms with E-state index in [0.717, 1.165) is 45.7 Å². The van der Waals surface area contributed by atoms with Gasteiger partial charge in [-0.2, -0.15) is 9.97 Å². The number of nitrogens with one attached hydrogen (secondary N) is 7. The molecule has 66 heavy (non-hydrogen) atoms. The first-order valence-corrected chi connectivity index (χ1v) is 21.9. The summed E-state index contributed by atoms with van der Waals surface area (Å²) < 4.78 is 5.18. The molecule has 0 bridgehead atoms. The summed E-state index contributed by atoms with van der Waals surface area (Å²) in [6, 6.07) is 7.89. The van der Waals surface area contributed by atoms with Crippen molar-refractivity contribution in [3.05, 3.63) is 83.7 Å². The van der Waals surface area contributed by atoms with Crippen molar-refractivity contribution >= 4 is 93.6 Å². The van der Waals surface area contributed by atoms with Crippen molar-refractivity contribution in [2.24, 2.45) is 5.73 Å². The molecule has 0 aliphatic carbocycles. The van der Waals surface area contributed by atoms with E-state index in [2.05, 4.69) is 113 Å². The van der Waals surface area contributed by atoms with Gasteiger partial charge in [-0.15, -0.1) is 0 Å². The Hall–Kier alpha value is -5.72. The van der Waals surface area contributed by atoms with E-state index >= 15 is 0 Å². The molecule has 0 saturated carbocycles. The van der Waals surface area contributed by atoms with Crippen LogP contribution >= 0.6 is 0 Å².